The Labute approximate surface area is 433 Å². The van der Waals surface area contributed by atoms with Gasteiger partial charge in [0.15, 0.2) is 6.10 Å². The normalized spacial score (nSPS) is 12.6. The van der Waals surface area contributed by atoms with Gasteiger partial charge in [0.1, 0.15) is 13.2 Å². The summed E-state index contributed by atoms with van der Waals surface area (Å²) in [6, 6.07) is 0. The van der Waals surface area contributed by atoms with Crippen LogP contribution in [-0.4, -0.2) is 37.2 Å². The van der Waals surface area contributed by atoms with Crippen LogP contribution in [0.5, 0.6) is 0 Å². The summed E-state index contributed by atoms with van der Waals surface area (Å²) in [6.07, 6.45) is 74.7. The minimum atomic E-state index is -0.805. The first-order valence-corrected chi connectivity index (χ1v) is 29.9. The molecule has 0 aliphatic heterocycles. The van der Waals surface area contributed by atoms with Gasteiger partial charge >= 0.3 is 17.9 Å². The number of allylic oxidation sites excluding steroid dienone is 12. The average molecular weight is 978 g/mol. The summed E-state index contributed by atoms with van der Waals surface area (Å²) >= 11 is 0. The van der Waals surface area contributed by atoms with Gasteiger partial charge in [-0.05, 0) is 83.5 Å². The van der Waals surface area contributed by atoms with E-state index in [2.05, 4.69) is 93.7 Å². The molecule has 0 aliphatic carbocycles. The number of rotatable bonds is 54. The molecule has 0 amide bonds. The molecule has 0 spiro atoms. The lowest BCUT2D eigenvalue weighted by molar-refractivity contribution is -0.167. The molecule has 0 saturated heterocycles. The van der Waals surface area contributed by atoms with Gasteiger partial charge in [0.25, 0.3) is 0 Å². The van der Waals surface area contributed by atoms with Crippen molar-refractivity contribution < 1.29 is 28.6 Å². The molecule has 404 valence electrons. The summed E-state index contributed by atoms with van der Waals surface area (Å²) in [5.41, 5.74) is 0. The van der Waals surface area contributed by atoms with E-state index in [9.17, 15) is 14.4 Å². The number of carbonyl (C=O) groups excluding carboxylic acids is 3. The van der Waals surface area contributed by atoms with E-state index in [0.29, 0.717) is 19.3 Å². The number of esters is 3. The fraction of sp³-hybridized carbons (Fsp3) is 0.766. The zero-order valence-corrected chi connectivity index (χ0v) is 46.3. The van der Waals surface area contributed by atoms with Crippen LogP contribution in [0.3, 0.4) is 0 Å². The van der Waals surface area contributed by atoms with Crippen LogP contribution >= 0.6 is 0 Å². The number of hydrogen-bond donors (Lipinski definition) is 0. The second-order valence-corrected chi connectivity index (χ2v) is 19.9. The molecule has 0 aromatic heterocycles. The molecule has 0 aromatic carbocycles. The van der Waals surface area contributed by atoms with Gasteiger partial charge in [-0.25, -0.2) is 0 Å². The van der Waals surface area contributed by atoms with Crippen molar-refractivity contribution >= 4 is 17.9 Å². The van der Waals surface area contributed by atoms with E-state index in [-0.39, 0.29) is 37.5 Å². The molecule has 0 bridgehead atoms. The van der Waals surface area contributed by atoms with Crippen LogP contribution in [0.4, 0.5) is 0 Å². The van der Waals surface area contributed by atoms with Crippen LogP contribution in [0.25, 0.3) is 0 Å². The summed E-state index contributed by atoms with van der Waals surface area (Å²) in [5, 5.41) is 0. The van der Waals surface area contributed by atoms with E-state index in [1.807, 2.05) is 0 Å². The molecule has 0 aromatic rings. The highest BCUT2D eigenvalue weighted by Gasteiger charge is 2.19. The van der Waals surface area contributed by atoms with Crippen LogP contribution in [0.1, 0.15) is 297 Å². The predicted molar refractivity (Wildman–Crippen MR) is 302 cm³/mol. The van der Waals surface area contributed by atoms with Gasteiger partial charge < -0.3 is 14.2 Å². The molecule has 0 aliphatic rings. The Morgan fingerprint density at radius 1 is 0.300 bits per heavy atom. The Kier molecular flexibility index (Phi) is 55.8. The van der Waals surface area contributed by atoms with E-state index >= 15 is 0 Å². The molecule has 0 radical (unpaired) electrons. The maximum atomic E-state index is 12.8. The van der Waals surface area contributed by atoms with Gasteiger partial charge in [-0.2, -0.15) is 0 Å². The number of carbonyl (C=O) groups is 3. The summed E-state index contributed by atoms with van der Waals surface area (Å²) < 4.78 is 16.8. The summed E-state index contributed by atoms with van der Waals surface area (Å²) in [6.45, 7) is 6.51. The Hall–Kier alpha value is -3.15. The quantitative estimate of drug-likeness (QED) is 0.0261. The van der Waals surface area contributed by atoms with Crippen molar-refractivity contribution in [1.82, 2.24) is 0 Å². The van der Waals surface area contributed by atoms with E-state index in [4.69, 9.17) is 14.2 Å². The predicted octanol–water partition coefficient (Wildman–Crippen LogP) is 20.2. The van der Waals surface area contributed by atoms with Gasteiger partial charge in [0, 0.05) is 19.3 Å². The average Bonchev–Trinajstić information content (AvgIpc) is 3.36. The topological polar surface area (TPSA) is 78.9 Å². The van der Waals surface area contributed by atoms with Crippen molar-refractivity contribution in [3.05, 3.63) is 72.9 Å². The Morgan fingerprint density at radius 3 is 0.929 bits per heavy atom. The fourth-order valence-corrected chi connectivity index (χ4v) is 8.47. The molecule has 6 heteroatoms. The zero-order valence-electron chi connectivity index (χ0n) is 46.3. The van der Waals surface area contributed by atoms with Gasteiger partial charge in [-0.1, -0.05) is 267 Å². The molecule has 1 atom stereocenters. The highest BCUT2D eigenvalue weighted by molar-refractivity contribution is 5.71. The number of ether oxygens (including phenoxy) is 3. The Morgan fingerprint density at radius 2 is 0.571 bits per heavy atom. The molecule has 0 N–H and O–H groups in total. The SMILES string of the molecule is CC/C=C\C/C=C\C/C=C\C/C=C\C/C=C\CCCC(=O)OC(COC(=O)CCCCCCCCCCC/C=C\CCCCCCCC)COC(=O)CCCCCCCCCCCCCCCCCC. The molecular weight excluding hydrogens is 865 g/mol. The zero-order chi connectivity index (χ0) is 50.7. The summed E-state index contributed by atoms with van der Waals surface area (Å²) in [7, 11) is 0. The molecule has 0 rings (SSSR count). The lowest BCUT2D eigenvalue weighted by atomic mass is 10.0. The van der Waals surface area contributed by atoms with Crippen molar-refractivity contribution in [3.8, 4) is 0 Å². The largest absolute Gasteiger partial charge is 0.462 e. The van der Waals surface area contributed by atoms with Crippen molar-refractivity contribution in [2.24, 2.45) is 0 Å². The maximum absolute atomic E-state index is 12.8. The van der Waals surface area contributed by atoms with Crippen molar-refractivity contribution in [2.75, 3.05) is 13.2 Å². The molecule has 6 nitrogen and oxygen atoms in total. The van der Waals surface area contributed by atoms with Gasteiger partial charge in [-0.15, -0.1) is 0 Å². The fourth-order valence-electron chi connectivity index (χ4n) is 8.47. The third-order valence-corrected chi connectivity index (χ3v) is 12.9. The smallest absolute Gasteiger partial charge is 0.306 e. The van der Waals surface area contributed by atoms with E-state index < -0.39 is 6.10 Å². The molecule has 0 saturated carbocycles. The number of hydrogen-bond acceptors (Lipinski definition) is 6. The lowest BCUT2D eigenvalue weighted by Gasteiger charge is -2.18. The highest BCUT2D eigenvalue weighted by atomic mass is 16.6. The summed E-state index contributed by atoms with van der Waals surface area (Å²) in [4.78, 5) is 38.2. The molecule has 0 heterocycles. The molecule has 0 fully saturated rings. The highest BCUT2D eigenvalue weighted by Crippen LogP contribution is 2.16. The van der Waals surface area contributed by atoms with Gasteiger partial charge in [0.05, 0.1) is 0 Å². The first-order chi connectivity index (χ1) is 34.5. The minimum Gasteiger partial charge on any atom is -0.462 e. The second kappa shape index (κ2) is 58.4. The Balaban J connectivity index is 4.43. The maximum Gasteiger partial charge on any atom is 0.306 e. The van der Waals surface area contributed by atoms with E-state index in [0.717, 1.165) is 77.0 Å². The van der Waals surface area contributed by atoms with Crippen LogP contribution in [0, 0.1) is 0 Å². The monoisotopic (exact) mass is 977 g/mol. The van der Waals surface area contributed by atoms with Crippen LogP contribution in [0.2, 0.25) is 0 Å². The molecule has 1 unspecified atom stereocenters. The standard InChI is InChI=1S/C64H112O6/c1-4-7-10-13-16-19-22-25-28-31-32-34-36-39-42-45-48-51-54-57-63(66)69-60-61(59-68-62(65)56-53-50-47-44-41-38-35-30-27-24-21-18-15-12-9-6-3)70-64(67)58-55-52-49-46-43-40-37-33-29-26-23-20-17-14-11-8-5-2/h8,11,17,20,25-26,28-29,37,40,46,49,61H,4-7,9-10,12-16,18-19,21-24,27,30-36,38-39,41-45,47-48,50-60H2,1-3H3/b11-8-,20-17-,28-25-,29-26-,40-37-,49-46-. The first kappa shape index (κ1) is 66.9. The van der Waals surface area contributed by atoms with Crippen molar-refractivity contribution in [3.63, 3.8) is 0 Å². The third kappa shape index (κ3) is 55.8. The third-order valence-electron chi connectivity index (χ3n) is 12.9. The van der Waals surface area contributed by atoms with Crippen molar-refractivity contribution in [2.45, 2.75) is 303 Å². The number of unbranched alkanes of at least 4 members (excludes halogenated alkanes) is 31. The minimum absolute atomic E-state index is 0.0958. The van der Waals surface area contributed by atoms with Crippen molar-refractivity contribution in [1.29, 1.82) is 0 Å². The molecule has 70 heavy (non-hydrogen) atoms. The first-order valence-electron chi connectivity index (χ1n) is 29.9. The Bertz CT molecular complexity index is 1310. The van der Waals surface area contributed by atoms with Crippen LogP contribution < -0.4 is 0 Å². The second-order valence-electron chi connectivity index (χ2n) is 19.9. The van der Waals surface area contributed by atoms with Crippen LogP contribution in [0.15, 0.2) is 72.9 Å². The summed E-state index contributed by atoms with van der Waals surface area (Å²) in [5.74, 6) is -0.944. The van der Waals surface area contributed by atoms with E-state index in [1.165, 1.54) is 173 Å². The van der Waals surface area contributed by atoms with E-state index in [1.54, 1.807) is 0 Å². The molecular formula is C64H112O6. The van der Waals surface area contributed by atoms with Gasteiger partial charge in [-0.3, -0.25) is 14.4 Å². The van der Waals surface area contributed by atoms with Gasteiger partial charge in [0.2, 0.25) is 0 Å². The lowest BCUT2D eigenvalue weighted by Crippen LogP contribution is -2.30. The van der Waals surface area contributed by atoms with Crippen LogP contribution in [-0.2, 0) is 28.6 Å².